The summed E-state index contributed by atoms with van der Waals surface area (Å²) in [4.78, 5) is 4.45. The van der Waals surface area contributed by atoms with Crippen LogP contribution in [-0.2, 0) is 0 Å². The van der Waals surface area contributed by atoms with Gasteiger partial charge in [0.25, 0.3) is 5.89 Å². The molecule has 88 valence electrons. The average molecular weight is 229 g/mol. The highest BCUT2D eigenvalue weighted by molar-refractivity contribution is 5.73. The Morgan fingerprint density at radius 2 is 2.18 bits per heavy atom. The molecular formula is C13H15N3O. The molecule has 2 N–H and O–H groups in total. The largest absolute Gasteiger partial charge is 0.398 e. The van der Waals surface area contributed by atoms with Crippen LogP contribution in [0.2, 0.25) is 0 Å². The van der Waals surface area contributed by atoms with Gasteiger partial charge in [-0.25, -0.2) is 0 Å². The molecule has 1 fully saturated rings. The van der Waals surface area contributed by atoms with E-state index in [-0.39, 0.29) is 0 Å². The van der Waals surface area contributed by atoms with Crippen LogP contribution in [0.3, 0.4) is 0 Å². The van der Waals surface area contributed by atoms with Crippen LogP contribution in [0.5, 0.6) is 0 Å². The molecule has 1 aromatic heterocycles. The van der Waals surface area contributed by atoms with Gasteiger partial charge in [-0.2, -0.15) is 4.98 Å². The maximum Gasteiger partial charge on any atom is 0.260 e. The van der Waals surface area contributed by atoms with E-state index in [0.29, 0.717) is 11.8 Å². The number of nitrogens with two attached hydrogens (primary N) is 1. The second-order valence-electron chi connectivity index (χ2n) is 4.62. The normalized spacial score (nSPS) is 15.8. The maximum atomic E-state index is 6.02. The number of rotatable bonds is 2. The van der Waals surface area contributed by atoms with Crippen molar-refractivity contribution < 1.29 is 4.52 Å². The molecule has 2 aromatic rings. The van der Waals surface area contributed by atoms with Crippen molar-refractivity contribution in [2.45, 2.75) is 32.1 Å². The number of anilines is 1. The van der Waals surface area contributed by atoms with Crippen molar-refractivity contribution >= 4 is 5.69 Å². The lowest BCUT2D eigenvalue weighted by Gasteiger charge is -2.20. The molecule has 4 heteroatoms. The number of hydrogen-bond acceptors (Lipinski definition) is 4. The van der Waals surface area contributed by atoms with Crippen LogP contribution in [0.4, 0.5) is 5.69 Å². The van der Waals surface area contributed by atoms with Gasteiger partial charge in [0.1, 0.15) is 0 Å². The Morgan fingerprint density at radius 3 is 2.88 bits per heavy atom. The first-order valence-electron chi connectivity index (χ1n) is 5.95. The Morgan fingerprint density at radius 1 is 1.35 bits per heavy atom. The summed E-state index contributed by atoms with van der Waals surface area (Å²) in [5, 5.41) is 4.04. The van der Waals surface area contributed by atoms with Crippen LogP contribution in [-0.4, -0.2) is 10.1 Å². The van der Waals surface area contributed by atoms with Crippen molar-refractivity contribution in [3.8, 4) is 11.5 Å². The number of para-hydroxylation sites is 1. The molecule has 0 aliphatic heterocycles. The molecule has 1 heterocycles. The van der Waals surface area contributed by atoms with Crippen molar-refractivity contribution in [1.29, 1.82) is 0 Å². The van der Waals surface area contributed by atoms with E-state index in [1.165, 1.54) is 19.3 Å². The minimum Gasteiger partial charge on any atom is -0.398 e. The predicted octanol–water partition coefficient (Wildman–Crippen LogP) is 2.89. The third-order valence-corrected chi connectivity index (χ3v) is 3.47. The molecule has 17 heavy (non-hydrogen) atoms. The highest BCUT2D eigenvalue weighted by Gasteiger charge is 2.25. The SMILES string of the molecule is Cc1cccc(-c2nc(C3CCC3)no2)c1N. The standard InChI is InChI=1S/C13H15N3O/c1-8-4-2-7-10(11(8)14)13-15-12(16-17-13)9-5-3-6-9/h2,4,7,9H,3,5-6,14H2,1H3. The van der Waals surface area contributed by atoms with Crippen LogP contribution in [0, 0.1) is 6.92 Å². The van der Waals surface area contributed by atoms with Gasteiger partial charge in [-0.1, -0.05) is 23.7 Å². The summed E-state index contributed by atoms with van der Waals surface area (Å²) in [6, 6.07) is 5.84. The second-order valence-corrected chi connectivity index (χ2v) is 4.62. The molecular weight excluding hydrogens is 214 g/mol. The summed E-state index contributed by atoms with van der Waals surface area (Å²) < 4.78 is 5.30. The van der Waals surface area contributed by atoms with Crippen LogP contribution in [0.1, 0.15) is 36.6 Å². The first-order chi connectivity index (χ1) is 8.25. The Balaban J connectivity index is 1.97. The lowest BCUT2D eigenvalue weighted by Crippen LogP contribution is -2.10. The zero-order valence-corrected chi connectivity index (χ0v) is 9.81. The van der Waals surface area contributed by atoms with Gasteiger partial charge in [-0.3, -0.25) is 0 Å². The van der Waals surface area contributed by atoms with Crippen LogP contribution >= 0.6 is 0 Å². The molecule has 1 aromatic carbocycles. The van der Waals surface area contributed by atoms with Crippen molar-refractivity contribution in [3.05, 3.63) is 29.6 Å². The minimum absolute atomic E-state index is 0.485. The van der Waals surface area contributed by atoms with E-state index in [2.05, 4.69) is 10.1 Å². The Bertz CT molecular complexity index is 543. The third-order valence-electron chi connectivity index (χ3n) is 3.47. The molecule has 1 aliphatic rings. The Hall–Kier alpha value is -1.84. The summed E-state index contributed by atoms with van der Waals surface area (Å²) in [7, 11) is 0. The summed E-state index contributed by atoms with van der Waals surface area (Å²) >= 11 is 0. The molecule has 0 amide bonds. The Kier molecular flexibility index (Phi) is 2.35. The first kappa shape index (κ1) is 10.3. The highest BCUT2D eigenvalue weighted by Crippen LogP contribution is 2.36. The number of aryl methyl sites for hydroxylation is 1. The van der Waals surface area contributed by atoms with Crippen molar-refractivity contribution in [2.24, 2.45) is 0 Å². The van der Waals surface area contributed by atoms with Crippen LogP contribution in [0.25, 0.3) is 11.5 Å². The number of aromatic nitrogens is 2. The topological polar surface area (TPSA) is 64.9 Å². The molecule has 1 aliphatic carbocycles. The predicted molar refractivity (Wildman–Crippen MR) is 65.5 cm³/mol. The smallest absolute Gasteiger partial charge is 0.260 e. The fourth-order valence-corrected chi connectivity index (χ4v) is 2.04. The van der Waals surface area contributed by atoms with E-state index in [0.717, 1.165) is 22.6 Å². The minimum atomic E-state index is 0.485. The fraction of sp³-hybridized carbons (Fsp3) is 0.385. The number of hydrogen-bond donors (Lipinski definition) is 1. The second kappa shape index (κ2) is 3.87. The fourth-order valence-electron chi connectivity index (χ4n) is 2.04. The van der Waals surface area contributed by atoms with Gasteiger partial charge < -0.3 is 10.3 Å². The van der Waals surface area contributed by atoms with Gasteiger partial charge in [0.15, 0.2) is 5.82 Å². The van der Waals surface area contributed by atoms with E-state index < -0.39 is 0 Å². The maximum absolute atomic E-state index is 6.02. The number of nitrogen functional groups attached to an aromatic ring is 1. The molecule has 1 saturated carbocycles. The van der Waals surface area contributed by atoms with E-state index in [1.807, 2.05) is 25.1 Å². The zero-order chi connectivity index (χ0) is 11.8. The van der Waals surface area contributed by atoms with Gasteiger partial charge in [-0.05, 0) is 31.4 Å². The molecule has 4 nitrogen and oxygen atoms in total. The number of nitrogens with zero attached hydrogens (tertiary/aromatic N) is 2. The summed E-state index contributed by atoms with van der Waals surface area (Å²) in [6.45, 7) is 1.97. The van der Waals surface area contributed by atoms with Gasteiger partial charge in [0.2, 0.25) is 0 Å². The zero-order valence-electron chi connectivity index (χ0n) is 9.81. The van der Waals surface area contributed by atoms with Crippen LogP contribution in [0.15, 0.2) is 22.7 Å². The summed E-state index contributed by atoms with van der Waals surface area (Å²) in [5.74, 6) is 1.85. The van der Waals surface area contributed by atoms with Gasteiger partial charge >= 0.3 is 0 Å². The summed E-state index contributed by atoms with van der Waals surface area (Å²) in [6.07, 6.45) is 3.60. The molecule has 3 rings (SSSR count). The van der Waals surface area contributed by atoms with Crippen molar-refractivity contribution in [2.75, 3.05) is 5.73 Å². The van der Waals surface area contributed by atoms with E-state index in [1.54, 1.807) is 0 Å². The summed E-state index contributed by atoms with van der Waals surface area (Å²) in [5.41, 5.74) is 8.61. The lowest BCUT2D eigenvalue weighted by molar-refractivity contribution is 0.366. The molecule has 0 radical (unpaired) electrons. The monoisotopic (exact) mass is 229 g/mol. The lowest BCUT2D eigenvalue weighted by atomic mass is 9.85. The molecule has 0 unspecified atom stereocenters. The quantitative estimate of drug-likeness (QED) is 0.804. The molecule has 0 saturated heterocycles. The van der Waals surface area contributed by atoms with Crippen molar-refractivity contribution in [1.82, 2.24) is 10.1 Å². The Labute approximate surface area is 99.8 Å². The van der Waals surface area contributed by atoms with E-state index >= 15 is 0 Å². The van der Waals surface area contributed by atoms with Gasteiger partial charge in [-0.15, -0.1) is 0 Å². The highest BCUT2D eigenvalue weighted by atomic mass is 16.5. The number of benzene rings is 1. The van der Waals surface area contributed by atoms with Gasteiger partial charge in [0, 0.05) is 11.6 Å². The molecule has 0 atom stereocenters. The van der Waals surface area contributed by atoms with E-state index in [9.17, 15) is 0 Å². The molecule has 0 bridgehead atoms. The third kappa shape index (κ3) is 1.69. The first-order valence-corrected chi connectivity index (χ1v) is 5.95. The van der Waals surface area contributed by atoms with E-state index in [4.69, 9.17) is 10.3 Å². The average Bonchev–Trinajstić information content (AvgIpc) is 2.68. The van der Waals surface area contributed by atoms with Crippen molar-refractivity contribution in [3.63, 3.8) is 0 Å². The van der Waals surface area contributed by atoms with Crippen LogP contribution < -0.4 is 5.73 Å². The molecule has 0 spiro atoms. The van der Waals surface area contributed by atoms with Gasteiger partial charge in [0.05, 0.1) is 5.56 Å².